The summed E-state index contributed by atoms with van der Waals surface area (Å²) in [6.45, 7) is 8.18. The summed E-state index contributed by atoms with van der Waals surface area (Å²) in [5, 5.41) is 13.6. The molecule has 21 heavy (non-hydrogen) atoms. The van der Waals surface area contributed by atoms with Crippen LogP contribution in [0.25, 0.3) is 0 Å². The van der Waals surface area contributed by atoms with Gasteiger partial charge in [0.05, 0.1) is 0 Å². The molecule has 8 heteroatoms. The Labute approximate surface area is 121 Å². The zero-order valence-corrected chi connectivity index (χ0v) is 12.8. The molecule has 0 radical (unpaired) electrons. The van der Waals surface area contributed by atoms with E-state index in [9.17, 15) is 23.1 Å². The van der Waals surface area contributed by atoms with Crippen molar-refractivity contribution in [1.82, 2.24) is 5.01 Å². The van der Waals surface area contributed by atoms with Crippen LogP contribution in [0.2, 0.25) is 0 Å². The van der Waals surface area contributed by atoms with Gasteiger partial charge in [0.1, 0.15) is 5.60 Å². The van der Waals surface area contributed by atoms with Crippen LogP contribution in [0.5, 0.6) is 0 Å². The van der Waals surface area contributed by atoms with E-state index in [1.807, 2.05) is 13.8 Å². The topological polar surface area (TPSA) is 62.1 Å². The smallest absolute Gasteiger partial charge is 0.439 e. The number of halogens is 3. The van der Waals surface area contributed by atoms with Gasteiger partial charge < -0.3 is 9.84 Å². The normalized spacial score (nSPS) is 23.5. The summed E-state index contributed by atoms with van der Waals surface area (Å²) in [4.78, 5) is 11.9. The number of rotatable bonds is 2. The van der Waals surface area contributed by atoms with Crippen molar-refractivity contribution < 1.29 is 27.8 Å². The third-order valence-electron chi connectivity index (χ3n) is 2.71. The summed E-state index contributed by atoms with van der Waals surface area (Å²) in [5.41, 5.74) is -4.21. The number of aliphatic hydroxyl groups is 1. The summed E-state index contributed by atoms with van der Waals surface area (Å²) in [6.07, 6.45) is -6.83. The standard InChI is InChI=1S/C13H21F3N2O3/c1-8(2)6-9-7-12(20,13(14,15)16)18(17-9)10(19)21-11(3,4)5/h8,20H,6-7H2,1-5H3/t12-/m0/s1. The van der Waals surface area contributed by atoms with Gasteiger partial charge in [-0.1, -0.05) is 13.8 Å². The Balaban J connectivity index is 3.08. The number of carbonyl (C=O) groups is 1. The number of hydrogen-bond donors (Lipinski definition) is 1. The quantitative estimate of drug-likeness (QED) is 0.851. The second kappa shape index (κ2) is 5.47. The molecule has 5 nitrogen and oxygen atoms in total. The molecule has 1 N–H and O–H groups in total. The maximum Gasteiger partial charge on any atom is 0.439 e. The molecule has 0 spiro atoms. The molecule has 0 aromatic heterocycles. The van der Waals surface area contributed by atoms with Crippen LogP contribution in [0.1, 0.15) is 47.5 Å². The van der Waals surface area contributed by atoms with Crippen LogP contribution in [0, 0.1) is 5.92 Å². The number of alkyl halides is 3. The summed E-state index contributed by atoms with van der Waals surface area (Å²) in [7, 11) is 0. The molecule has 0 fully saturated rings. The van der Waals surface area contributed by atoms with Gasteiger partial charge >= 0.3 is 12.3 Å². The number of ether oxygens (including phenoxy) is 1. The highest BCUT2D eigenvalue weighted by molar-refractivity contribution is 5.89. The fraction of sp³-hybridized carbons (Fsp3) is 0.846. The molecular weight excluding hydrogens is 289 g/mol. The van der Waals surface area contributed by atoms with E-state index in [-0.39, 0.29) is 23.1 Å². The lowest BCUT2D eigenvalue weighted by molar-refractivity contribution is -0.300. The van der Waals surface area contributed by atoms with E-state index >= 15 is 0 Å². The third kappa shape index (κ3) is 4.09. The first-order valence-corrected chi connectivity index (χ1v) is 6.65. The van der Waals surface area contributed by atoms with E-state index in [0.29, 0.717) is 0 Å². The van der Waals surface area contributed by atoms with Gasteiger partial charge in [0.25, 0.3) is 5.72 Å². The second-order valence-corrected chi connectivity index (χ2v) is 6.55. The van der Waals surface area contributed by atoms with E-state index in [2.05, 4.69) is 5.10 Å². The highest BCUT2D eigenvalue weighted by atomic mass is 19.4. The van der Waals surface area contributed by atoms with Crippen LogP contribution in [0.3, 0.4) is 0 Å². The Morgan fingerprint density at radius 3 is 2.33 bits per heavy atom. The molecular formula is C13H21F3N2O3. The lowest BCUT2D eigenvalue weighted by Gasteiger charge is -2.33. The molecule has 0 aliphatic carbocycles. The number of carbonyl (C=O) groups excluding carboxylic acids is 1. The molecule has 0 saturated heterocycles. The number of amides is 1. The Bertz CT molecular complexity index is 441. The highest BCUT2D eigenvalue weighted by Crippen LogP contribution is 2.41. The minimum Gasteiger partial charge on any atom is -0.442 e. The molecule has 1 aliphatic heterocycles. The molecule has 1 aliphatic rings. The van der Waals surface area contributed by atoms with Crippen LogP contribution in [0.4, 0.5) is 18.0 Å². The monoisotopic (exact) mass is 310 g/mol. The predicted octanol–water partition coefficient (Wildman–Crippen LogP) is 3.28. The molecule has 0 aromatic rings. The van der Waals surface area contributed by atoms with Gasteiger partial charge in [-0.2, -0.15) is 23.3 Å². The Kier molecular flexibility index (Phi) is 4.62. The predicted molar refractivity (Wildman–Crippen MR) is 70.6 cm³/mol. The SMILES string of the molecule is CC(C)CC1=NN(C(=O)OC(C)(C)C)[C@@](O)(C(F)(F)F)C1. The van der Waals surface area contributed by atoms with E-state index in [1.165, 1.54) is 20.8 Å². The van der Waals surface area contributed by atoms with Crippen LogP contribution < -0.4 is 0 Å². The van der Waals surface area contributed by atoms with Crippen molar-refractivity contribution in [3.63, 3.8) is 0 Å². The lowest BCUT2D eigenvalue weighted by Crippen LogP contribution is -2.57. The van der Waals surface area contributed by atoms with Gasteiger partial charge in [-0.05, 0) is 33.1 Å². The van der Waals surface area contributed by atoms with Gasteiger partial charge in [-0.25, -0.2) is 4.79 Å². The Hall–Kier alpha value is -1.31. The van der Waals surface area contributed by atoms with Gasteiger partial charge in [0.15, 0.2) is 0 Å². The molecule has 1 amide bonds. The summed E-state index contributed by atoms with van der Waals surface area (Å²) in [5.74, 6) is 0.0554. The Morgan fingerprint density at radius 1 is 1.43 bits per heavy atom. The van der Waals surface area contributed by atoms with Crippen molar-refractivity contribution in [3.05, 3.63) is 0 Å². The number of hydrazone groups is 1. The van der Waals surface area contributed by atoms with Gasteiger partial charge in [-0.15, -0.1) is 0 Å². The third-order valence-corrected chi connectivity index (χ3v) is 2.71. The van der Waals surface area contributed by atoms with Gasteiger partial charge in [-0.3, -0.25) is 0 Å². The number of hydrogen-bond acceptors (Lipinski definition) is 4. The van der Waals surface area contributed by atoms with Gasteiger partial charge in [0.2, 0.25) is 0 Å². The van der Waals surface area contributed by atoms with Crippen molar-refractivity contribution in [2.24, 2.45) is 11.0 Å². The van der Waals surface area contributed by atoms with Crippen molar-refractivity contribution >= 4 is 11.8 Å². The fourth-order valence-corrected chi connectivity index (χ4v) is 1.92. The maximum absolute atomic E-state index is 13.1. The van der Waals surface area contributed by atoms with Crippen molar-refractivity contribution in [1.29, 1.82) is 0 Å². The van der Waals surface area contributed by atoms with Gasteiger partial charge in [0, 0.05) is 12.1 Å². The van der Waals surface area contributed by atoms with E-state index in [0.717, 1.165) is 0 Å². The first-order valence-electron chi connectivity index (χ1n) is 6.65. The van der Waals surface area contributed by atoms with Crippen LogP contribution in [-0.4, -0.2) is 39.4 Å². The zero-order chi connectivity index (χ0) is 16.6. The Morgan fingerprint density at radius 2 is 1.95 bits per heavy atom. The summed E-state index contributed by atoms with van der Waals surface area (Å²) >= 11 is 0. The minimum absolute atomic E-state index is 0.00988. The molecule has 0 bridgehead atoms. The average Bonchev–Trinajstić information content (AvgIpc) is 2.52. The molecule has 0 saturated carbocycles. The molecule has 122 valence electrons. The van der Waals surface area contributed by atoms with Crippen molar-refractivity contribution in [3.8, 4) is 0 Å². The first-order chi connectivity index (χ1) is 9.26. The van der Waals surface area contributed by atoms with Crippen molar-refractivity contribution in [2.75, 3.05) is 0 Å². The molecule has 0 unspecified atom stereocenters. The first kappa shape index (κ1) is 17.7. The largest absolute Gasteiger partial charge is 0.442 e. The average molecular weight is 310 g/mol. The van der Waals surface area contributed by atoms with E-state index in [1.54, 1.807) is 0 Å². The summed E-state index contributed by atoms with van der Waals surface area (Å²) < 4.78 is 44.3. The molecule has 0 aromatic carbocycles. The maximum atomic E-state index is 13.1. The molecule has 1 heterocycles. The highest BCUT2D eigenvalue weighted by Gasteiger charge is 2.64. The van der Waals surface area contributed by atoms with Crippen LogP contribution in [-0.2, 0) is 4.74 Å². The lowest BCUT2D eigenvalue weighted by atomic mass is 9.99. The van der Waals surface area contributed by atoms with E-state index < -0.39 is 30.0 Å². The number of nitrogens with zero attached hydrogens (tertiary/aromatic N) is 2. The molecule has 1 rings (SSSR count). The van der Waals surface area contributed by atoms with Crippen LogP contribution in [0.15, 0.2) is 5.10 Å². The fourth-order valence-electron chi connectivity index (χ4n) is 1.92. The zero-order valence-electron chi connectivity index (χ0n) is 12.8. The van der Waals surface area contributed by atoms with Crippen molar-refractivity contribution in [2.45, 2.75) is 65.0 Å². The minimum atomic E-state index is -5.02. The molecule has 1 atom stereocenters. The second-order valence-electron chi connectivity index (χ2n) is 6.55. The van der Waals surface area contributed by atoms with Crippen LogP contribution >= 0.6 is 0 Å². The van der Waals surface area contributed by atoms with E-state index in [4.69, 9.17) is 4.74 Å². The summed E-state index contributed by atoms with van der Waals surface area (Å²) in [6, 6.07) is 0.